The van der Waals surface area contributed by atoms with Crippen molar-refractivity contribution in [1.29, 1.82) is 0 Å². The zero-order chi connectivity index (χ0) is 12.6. The quantitative estimate of drug-likeness (QED) is 0.790. The maximum Gasteiger partial charge on any atom is 0.0409 e. The van der Waals surface area contributed by atoms with Crippen molar-refractivity contribution < 1.29 is 0 Å². The molecule has 2 aromatic rings. The second kappa shape index (κ2) is 4.40. The molecule has 1 heteroatoms. The minimum atomic E-state index is -0.0886. The molecule has 3 rings (SSSR count). The Labute approximate surface area is 109 Å². The van der Waals surface area contributed by atoms with Crippen molar-refractivity contribution in [3.05, 3.63) is 47.5 Å². The molecule has 1 aliphatic rings. The Bertz CT molecular complexity index is 565. The predicted molar refractivity (Wildman–Crippen MR) is 77.6 cm³/mol. The highest BCUT2D eigenvalue weighted by Gasteiger charge is 2.29. The summed E-state index contributed by atoms with van der Waals surface area (Å²) in [6.45, 7) is 2.18. The molecule has 0 amide bonds. The van der Waals surface area contributed by atoms with Crippen LogP contribution in [0.4, 0.5) is 0 Å². The van der Waals surface area contributed by atoms with Crippen LogP contribution in [0.25, 0.3) is 10.8 Å². The average Bonchev–Trinajstić information content (AvgIpc) is 2.40. The van der Waals surface area contributed by atoms with Crippen molar-refractivity contribution in [3.8, 4) is 0 Å². The van der Waals surface area contributed by atoms with E-state index in [9.17, 15) is 0 Å². The van der Waals surface area contributed by atoms with Gasteiger partial charge in [0.15, 0.2) is 0 Å². The maximum atomic E-state index is 6.62. The van der Waals surface area contributed by atoms with Crippen molar-refractivity contribution in [2.24, 2.45) is 5.73 Å². The highest BCUT2D eigenvalue weighted by molar-refractivity contribution is 5.86. The van der Waals surface area contributed by atoms with Crippen LogP contribution in [0.5, 0.6) is 0 Å². The van der Waals surface area contributed by atoms with E-state index in [4.69, 9.17) is 5.73 Å². The van der Waals surface area contributed by atoms with Gasteiger partial charge in [0, 0.05) is 5.54 Å². The average molecular weight is 239 g/mol. The Morgan fingerprint density at radius 2 is 1.78 bits per heavy atom. The fraction of sp³-hybridized carbons (Fsp3) is 0.412. The summed E-state index contributed by atoms with van der Waals surface area (Å²) >= 11 is 0. The molecule has 0 atom stereocenters. The summed E-state index contributed by atoms with van der Waals surface area (Å²) in [5.74, 6) is 0. The molecule has 0 aliphatic heterocycles. The molecule has 0 saturated heterocycles. The molecule has 1 nitrogen and oxygen atoms in total. The van der Waals surface area contributed by atoms with Crippen LogP contribution in [0.3, 0.4) is 0 Å². The largest absolute Gasteiger partial charge is 0.321 e. The number of rotatable bonds is 1. The first-order chi connectivity index (χ1) is 8.69. The number of hydrogen-bond acceptors (Lipinski definition) is 1. The third-order valence-electron chi connectivity index (χ3n) is 4.42. The van der Waals surface area contributed by atoms with Crippen molar-refractivity contribution in [1.82, 2.24) is 0 Å². The first-order valence-corrected chi connectivity index (χ1v) is 6.98. The fourth-order valence-electron chi connectivity index (χ4n) is 3.21. The van der Waals surface area contributed by atoms with Crippen LogP contribution in [0, 0.1) is 6.92 Å². The SMILES string of the molecule is Cc1cccc2ccc(C3(N)CCCCC3)cc12. The van der Waals surface area contributed by atoms with E-state index in [1.54, 1.807) is 0 Å². The van der Waals surface area contributed by atoms with E-state index in [0.29, 0.717) is 0 Å². The number of benzene rings is 2. The second-order valence-electron chi connectivity index (χ2n) is 5.73. The van der Waals surface area contributed by atoms with Gasteiger partial charge in [0.1, 0.15) is 0 Å². The molecule has 0 radical (unpaired) electrons. The second-order valence-corrected chi connectivity index (χ2v) is 5.73. The van der Waals surface area contributed by atoms with E-state index in [0.717, 1.165) is 12.8 Å². The molecule has 94 valence electrons. The lowest BCUT2D eigenvalue weighted by atomic mass is 9.77. The summed E-state index contributed by atoms with van der Waals surface area (Å²) in [4.78, 5) is 0. The zero-order valence-corrected chi connectivity index (χ0v) is 11.1. The monoisotopic (exact) mass is 239 g/mol. The van der Waals surface area contributed by atoms with E-state index in [1.165, 1.54) is 41.2 Å². The van der Waals surface area contributed by atoms with Gasteiger partial charge in [-0.05, 0) is 47.7 Å². The molecule has 18 heavy (non-hydrogen) atoms. The zero-order valence-electron chi connectivity index (χ0n) is 11.1. The van der Waals surface area contributed by atoms with Gasteiger partial charge in [-0.2, -0.15) is 0 Å². The molecule has 1 fully saturated rings. The van der Waals surface area contributed by atoms with Gasteiger partial charge in [-0.1, -0.05) is 49.6 Å². The van der Waals surface area contributed by atoms with Crippen LogP contribution >= 0.6 is 0 Å². The van der Waals surface area contributed by atoms with Gasteiger partial charge in [-0.15, -0.1) is 0 Å². The Morgan fingerprint density at radius 1 is 1.00 bits per heavy atom. The molecule has 0 heterocycles. The molecule has 0 spiro atoms. The van der Waals surface area contributed by atoms with Crippen LogP contribution in [0.15, 0.2) is 36.4 Å². The Balaban J connectivity index is 2.10. The topological polar surface area (TPSA) is 26.0 Å². The molecule has 1 aliphatic carbocycles. The maximum absolute atomic E-state index is 6.62. The number of nitrogens with two attached hydrogens (primary N) is 1. The normalized spacial score (nSPS) is 19.0. The summed E-state index contributed by atoms with van der Waals surface area (Å²) in [5.41, 5.74) is 9.20. The summed E-state index contributed by atoms with van der Waals surface area (Å²) in [5, 5.41) is 2.67. The van der Waals surface area contributed by atoms with Gasteiger partial charge < -0.3 is 5.73 Å². The van der Waals surface area contributed by atoms with E-state index >= 15 is 0 Å². The molecule has 2 aromatic carbocycles. The van der Waals surface area contributed by atoms with Crippen molar-refractivity contribution >= 4 is 10.8 Å². The molecule has 2 N–H and O–H groups in total. The van der Waals surface area contributed by atoms with Crippen LogP contribution in [-0.4, -0.2) is 0 Å². The number of fused-ring (bicyclic) bond motifs is 1. The van der Waals surface area contributed by atoms with Gasteiger partial charge >= 0.3 is 0 Å². The first-order valence-electron chi connectivity index (χ1n) is 6.98. The van der Waals surface area contributed by atoms with Gasteiger partial charge in [-0.3, -0.25) is 0 Å². The van der Waals surface area contributed by atoms with Crippen molar-refractivity contribution in [2.75, 3.05) is 0 Å². The lowest BCUT2D eigenvalue weighted by Crippen LogP contribution is -2.38. The van der Waals surface area contributed by atoms with E-state index in [2.05, 4.69) is 43.3 Å². The minimum absolute atomic E-state index is 0.0886. The van der Waals surface area contributed by atoms with Crippen molar-refractivity contribution in [3.63, 3.8) is 0 Å². The van der Waals surface area contributed by atoms with Crippen molar-refractivity contribution in [2.45, 2.75) is 44.6 Å². The highest BCUT2D eigenvalue weighted by atomic mass is 14.7. The van der Waals surface area contributed by atoms with Gasteiger partial charge in [-0.25, -0.2) is 0 Å². The lowest BCUT2D eigenvalue weighted by Gasteiger charge is -2.34. The van der Waals surface area contributed by atoms with E-state index in [1.807, 2.05) is 0 Å². The first kappa shape index (κ1) is 11.7. The smallest absolute Gasteiger partial charge is 0.0409 e. The van der Waals surface area contributed by atoms with Gasteiger partial charge in [0.05, 0.1) is 0 Å². The highest BCUT2D eigenvalue weighted by Crippen LogP contribution is 2.36. The molecule has 0 bridgehead atoms. The summed E-state index contributed by atoms with van der Waals surface area (Å²) in [6, 6.07) is 13.2. The molecule has 1 saturated carbocycles. The molecular formula is C17H21N. The third-order valence-corrected chi connectivity index (χ3v) is 4.42. The number of hydrogen-bond donors (Lipinski definition) is 1. The number of aryl methyl sites for hydroxylation is 1. The Morgan fingerprint density at radius 3 is 2.56 bits per heavy atom. The van der Waals surface area contributed by atoms with Crippen LogP contribution in [-0.2, 0) is 5.54 Å². The minimum Gasteiger partial charge on any atom is -0.321 e. The third kappa shape index (κ3) is 1.93. The van der Waals surface area contributed by atoms with E-state index in [-0.39, 0.29) is 5.54 Å². The van der Waals surface area contributed by atoms with Gasteiger partial charge in [0.25, 0.3) is 0 Å². The Hall–Kier alpha value is -1.34. The Kier molecular flexibility index (Phi) is 2.87. The van der Waals surface area contributed by atoms with E-state index < -0.39 is 0 Å². The van der Waals surface area contributed by atoms with Crippen LogP contribution in [0.2, 0.25) is 0 Å². The summed E-state index contributed by atoms with van der Waals surface area (Å²) < 4.78 is 0. The van der Waals surface area contributed by atoms with Gasteiger partial charge in [0.2, 0.25) is 0 Å². The predicted octanol–water partition coefficient (Wildman–Crippen LogP) is 4.27. The fourth-order valence-corrected chi connectivity index (χ4v) is 3.21. The molecule has 0 unspecified atom stereocenters. The summed E-state index contributed by atoms with van der Waals surface area (Å²) in [6.07, 6.45) is 6.13. The molecular weight excluding hydrogens is 218 g/mol. The molecule has 0 aromatic heterocycles. The van der Waals surface area contributed by atoms with Crippen LogP contribution in [0.1, 0.15) is 43.2 Å². The standard InChI is InChI=1S/C17H21N/c1-13-6-5-7-14-8-9-15(12-16(13)14)17(18)10-3-2-4-11-17/h5-9,12H,2-4,10-11,18H2,1H3. The van der Waals surface area contributed by atoms with Crippen LogP contribution < -0.4 is 5.73 Å². The summed E-state index contributed by atoms with van der Waals surface area (Å²) in [7, 11) is 0. The lowest BCUT2D eigenvalue weighted by molar-refractivity contribution is 0.302.